The summed E-state index contributed by atoms with van der Waals surface area (Å²) in [5.74, 6) is 0.724. The molecule has 0 aliphatic carbocycles. The van der Waals surface area contributed by atoms with Crippen LogP contribution >= 0.6 is 0 Å². The summed E-state index contributed by atoms with van der Waals surface area (Å²) in [7, 11) is 0. The number of aliphatic hydroxyl groups is 1. The van der Waals surface area contributed by atoms with E-state index < -0.39 is 11.2 Å². The highest BCUT2D eigenvalue weighted by atomic mass is 16.6. The second-order valence-electron chi connectivity index (χ2n) is 9.16. The lowest BCUT2D eigenvalue weighted by Gasteiger charge is -2.34. The van der Waals surface area contributed by atoms with Gasteiger partial charge in [-0.2, -0.15) is 0 Å². The normalized spacial score (nSPS) is 18.4. The summed E-state index contributed by atoms with van der Waals surface area (Å²) in [6, 6.07) is 0.0734. The van der Waals surface area contributed by atoms with Crippen LogP contribution in [0.25, 0.3) is 11.0 Å². The lowest BCUT2D eigenvalue weighted by molar-refractivity contribution is 0.0206. The van der Waals surface area contributed by atoms with Crippen LogP contribution in [0, 0.1) is 0 Å². The van der Waals surface area contributed by atoms with Gasteiger partial charge in [0.15, 0.2) is 0 Å². The van der Waals surface area contributed by atoms with Gasteiger partial charge in [0.05, 0.1) is 11.0 Å². The van der Waals surface area contributed by atoms with E-state index in [4.69, 9.17) is 4.74 Å². The Morgan fingerprint density at radius 3 is 2.79 bits per heavy atom. The topological polar surface area (TPSA) is 103 Å². The molecule has 1 aliphatic heterocycles. The van der Waals surface area contributed by atoms with Crippen LogP contribution in [0.1, 0.15) is 53.0 Å². The highest BCUT2D eigenvalue weighted by Crippen LogP contribution is 2.28. The molecule has 8 heteroatoms. The number of hydrogen-bond acceptors (Lipinski definition) is 6. The SMILES string of the molecule is CC(C)(O)Cc1c[nH]c2ncnc(NC3CCCN(C(=O)OC(C)(C)C)C3)c12. The Hall–Kier alpha value is -2.35. The molecule has 0 aromatic carbocycles. The lowest BCUT2D eigenvalue weighted by atomic mass is 9.99. The summed E-state index contributed by atoms with van der Waals surface area (Å²) in [6.07, 6.45) is 5.44. The minimum Gasteiger partial charge on any atom is -0.444 e. The first kappa shape index (κ1) is 20.4. The van der Waals surface area contributed by atoms with Gasteiger partial charge in [0.1, 0.15) is 23.4 Å². The largest absolute Gasteiger partial charge is 0.444 e. The number of anilines is 1. The standard InChI is InChI=1S/C20H31N5O3/c1-19(2,3)28-18(26)25-8-6-7-14(11-25)24-17-15-13(9-20(4,5)27)10-21-16(15)22-12-23-17/h10,12,14,27H,6-9,11H2,1-5H3,(H2,21,22,23,24). The summed E-state index contributed by atoms with van der Waals surface area (Å²) < 4.78 is 5.51. The molecule has 2 aromatic heterocycles. The van der Waals surface area contributed by atoms with Crippen molar-refractivity contribution < 1.29 is 14.6 Å². The molecule has 0 spiro atoms. The van der Waals surface area contributed by atoms with Crippen molar-refractivity contribution in [3.63, 3.8) is 0 Å². The van der Waals surface area contributed by atoms with E-state index in [1.807, 2.05) is 27.0 Å². The van der Waals surface area contributed by atoms with Gasteiger partial charge in [-0.15, -0.1) is 0 Å². The molecule has 1 aliphatic rings. The van der Waals surface area contributed by atoms with E-state index in [2.05, 4.69) is 20.3 Å². The molecule has 1 saturated heterocycles. The van der Waals surface area contributed by atoms with Gasteiger partial charge in [0.25, 0.3) is 0 Å². The zero-order valence-corrected chi connectivity index (χ0v) is 17.4. The van der Waals surface area contributed by atoms with Gasteiger partial charge in [-0.25, -0.2) is 14.8 Å². The number of aromatic amines is 1. The molecule has 3 N–H and O–H groups in total. The number of nitrogens with one attached hydrogen (secondary N) is 2. The van der Waals surface area contributed by atoms with E-state index >= 15 is 0 Å². The Kier molecular flexibility index (Phi) is 5.52. The lowest BCUT2D eigenvalue weighted by Crippen LogP contribution is -2.47. The molecule has 1 unspecified atom stereocenters. The minimum absolute atomic E-state index is 0.0734. The van der Waals surface area contributed by atoms with Crippen LogP contribution in [0.4, 0.5) is 10.6 Å². The summed E-state index contributed by atoms with van der Waals surface area (Å²) in [5, 5.41) is 14.6. The van der Waals surface area contributed by atoms with Crippen LogP contribution in [-0.2, 0) is 11.2 Å². The molecular formula is C20H31N5O3. The molecule has 3 rings (SSSR count). The van der Waals surface area contributed by atoms with E-state index in [1.165, 1.54) is 6.33 Å². The Bertz CT molecular complexity index is 834. The smallest absolute Gasteiger partial charge is 0.410 e. The second kappa shape index (κ2) is 7.58. The number of fused-ring (bicyclic) bond motifs is 1. The van der Waals surface area contributed by atoms with Crippen molar-refractivity contribution in [1.82, 2.24) is 19.9 Å². The average molecular weight is 390 g/mol. The summed E-state index contributed by atoms with van der Waals surface area (Å²) in [5.41, 5.74) is 0.357. The number of aromatic nitrogens is 3. The quantitative estimate of drug-likeness (QED) is 0.742. The number of likely N-dealkylation sites (tertiary alicyclic amines) is 1. The number of carbonyl (C=O) groups is 1. The second-order valence-corrected chi connectivity index (χ2v) is 9.16. The molecule has 1 fully saturated rings. The highest BCUT2D eigenvalue weighted by molar-refractivity contribution is 5.90. The predicted octanol–water partition coefficient (Wildman–Crippen LogP) is 3.08. The van der Waals surface area contributed by atoms with E-state index in [0.29, 0.717) is 19.5 Å². The van der Waals surface area contributed by atoms with Gasteiger partial charge < -0.3 is 25.0 Å². The average Bonchev–Trinajstić information content (AvgIpc) is 2.96. The van der Waals surface area contributed by atoms with Crippen LogP contribution in [0.15, 0.2) is 12.5 Å². The number of amides is 1. The Balaban J connectivity index is 1.77. The fourth-order valence-electron chi connectivity index (χ4n) is 3.52. The van der Waals surface area contributed by atoms with Gasteiger partial charge in [-0.05, 0) is 53.0 Å². The number of nitrogens with zero attached hydrogens (tertiary/aromatic N) is 3. The predicted molar refractivity (Wildman–Crippen MR) is 108 cm³/mol. The number of H-pyrrole nitrogens is 1. The van der Waals surface area contributed by atoms with E-state index in [9.17, 15) is 9.90 Å². The molecule has 0 bridgehead atoms. The van der Waals surface area contributed by atoms with Gasteiger partial charge >= 0.3 is 6.09 Å². The fraction of sp³-hybridized carbons (Fsp3) is 0.650. The fourth-order valence-corrected chi connectivity index (χ4v) is 3.52. The molecule has 28 heavy (non-hydrogen) atoms. The Labute approximate surface area is 165 Å². The molecule has 0 radical (unpaired) electrons. The maximum atomic E-state index is 12.4. The summed E-state index contributed by atoms with van der Waals surface area (Å²) >= 11 is 0. The van der Waals surface area contributed by atoms with Crippen molar-refractivity contribution in [3.8, 4) is 0 Å². The maximum Gasteiger partial charge on any atom is 0.410 e. The summed E-state index contributed by atoms with van der Waals surface area (Å²) in [4.78, 5) is 26.0. The number of carbonyl (C=O) groups excluding carboxylic acids is 1. The van der Waals surface area contributed by atoms with Crippen molar-refractivity contribution >= 4 is 22.9 Å². The monoisotopic (exact) mass is 389 g/mol. The summed E-state index contributed by atoms with van der Waals surface area (Å²) in [6.45, 7) is 10.4. The first-order valence-corrected chi connectivity index (χ1v) is 9.80. The van der Waals surface area contributed by atoms with Crippen LogP contribution in [-0.4, -0.2) is 61.4 Å². The number of piperidine rings is 1. The van der Waals surface area contributed by atoms with Crippen LogP contribution in [0.3, 0.4) is 0 Å². The van der Waals surface area contributed by atoms with Crippen LogP contribution in [0.5, 0.6) is 0 Å². The van der Waals surface area contributed by atoms with Crippen molar-refractivity contribution in [2.24, 2.45) is 0 Å². The number of rotatable bonds is 4. The van der Waals surface area contributed by atoms with Gasteiger partial charge in [-0.3, -0.25) is 0 Å². The third-order valence-electron chi connectivity index (χ3n) is 4.59. The molecular weight excluding hydrogens is 358 g/mol. The first-order valence-electron chi connectivity index (χ1n) is 9.80. The van der Waals surface area contributed by atoms with Gasteiger partial charge in [-0.1, -0.05) is 0 Å². The molecule has 8 nitrogen and oxygen atoms in total. The number of hydrogen-bond donors (Lipinski definition) is 3. The number of ether oxygens (including phenoxy) is 1. The third kappa shape index (κ3) is 5.13. The molecule has 3 heterocycles. The van der Waals surface area contributed by atoms with Gasteiger partial charge in [0.2, 0.25) is 0 Å². The third-order valence-corrected chi connectivity index (χ3v) is 4.59. The maximum absolute atomic E-state index is 12.4. The Morgan fingerprint density at radius 2 is 2.11 bits per heavy atom. The van der Waals surface area contributed by atoms with Crippen LogP contribution in [0.2, 0.25) is 0 Å². The van der Waals surface area contributed by atoms with Crippen molar-refractivity contribution in [1.29, 1.82) is 0 Å². The van der Waals surface area contributed by atoms with E-state index in [1.54, 1.807) is 18.7 Å². The zero-order chi connectivity index (χ0) is 20.5. The van der Waals surface area contributed by atoms with Crippen molar-refractivity contribution in [2.75, 3.05) is 18.4 Å². The van der Waals surface area contributed by atoms with Crippen LogP contribution < -0.4 is 5.32 Å². The minimum atomic E-state index is -0.833. The molecule has 154 valence electrons. The Morgan fingerprint density at radius 1 is 1.36 bits per heavy atom. The van der Waals surface area contributed by atoms with Crippen molar-refractivity contribution in [3.05, 3.63) is 18.1 Å². The van der Waals surface area contributed by atoms with E-state index in [0.717, 1.165) is 35.3 Å². The van der Waals surface area contributed by atoms with E-state index in [-0.39, 0.29) is 12.1 Å². The highest BCUT2D eigenvalue weighted by Gasteiger charge is 2.28. The first-order chi connectivity index (χ1) is 13.0. The molecule has 2 aromatic rings. The molecule has 1 atom stereocenters. The zero-order valence-electron chi connectivity index (χ0n) is 17.4. The van der Waals surface area contributed by atoms with Gasteiger partial charge in [0, 0.05) is 31.7 Å². The van der Waals surface area contributed by atoms with Crippen molar-refractivity contribution in [2.45, 2.75) is 71.1 Å². The molecule has 1 amide bonds. The molecule has 0 saturated carbocycles.